The van der Waals surface area contributed by atoms with Crippen LogP contribution in [0.15, 0.2) is 15.9 Å². The number of rotatable bonds is 3. The third-order valence-corrected chi connectivity index (χ3v) is 4.90. The first-order valence-corrected chi connectivity index (χ1v) is 7.96. The van der Waals surface area contributed by atoms with E-state index >= 15 is 0 Å². The van der Waals surface area contributed by atoms with Gasteiger partial charge in [-0.3, -0.25) is 9.59 Å². The minimum Gasteiger partial charge on any atom is -0.344 e. The van der Waals surface area contributed by atoms with Gasteiger partial charge in [-0.15, -0.1) is 11.3 Å². The number of amides is 2. The lowest BCUT2D eigenvalue weighted by atomic mass is 10.1. The SMILES string of the molecule is CCC1NC(=O)CC(C)N(Cc2ccc(Br)s2)C1=O. The number of carbonyl (C=O) groups is 2. The van der Waals surface area contributed by atoms with E-state index in [4.69, 9.17) is 0 Å². The van der Waals surface area contributed by atoms with Gasteiger partial charge < -0.3 is 10.2 Å². The Bertz CT molecular complexity index is 489. The van der Waals surface area contributed by atoms with Crippen molar-refractivity contribution in [3.05, 3.63) is 20.8 Å². The zero-order valence-corrected chi connectivity index (χ0v) is 13.4. The number of hydrogen-bond donors (Lipinski definition) is 1. The number of halogens is 1. The second-order valence-corrected chi connectivity index (χ2v) is 7.30. The van der Waals surface area contributed by atoms with Crippen molar-refractivity contribution in [1.29, 1.82) is 0 Å². The minimum atomic E-state index is -0.388. The Hall–Kier alpha value is -0.880. The summed E-state index contributed by atoms with van der Waals surface area (Å²) in [7, 11) is 0. The molecule has 4 nitrogen and oxygen atoms in total. The molecular formula is C13H17BrN2O2S. The molecule has 6 heteroatoms. The fourth-order valence-corrected chi connectivity index (χ4v) is 3.71. The van der Waals surface area contributed by atoms with Crippen molar-refractivity contribution < 1.29 is 9.59 Å². The molecule has 19 heavy (non-hydrogen) atoms. The van der Waals surface area contributed by atoms with Crippen molar-refractivity contribution in [2.24, 2.45) is 0 Å². The van der Waals surface area contributed by atoms with Gasteiger partial charge >= 0.3 is 0 Å². The summed E-state index contributed by atoms with van der Waals surface area (Å²) in [6.07, 6.45) is 0.997. The summed E-state index contributed by atoms with van der Waals surface area (Å²) in [5.74, 6) is -0.0204. The smallest absolute Gasteiger partial charge is 0.245 e. The van der Waals surface area contributed by atoms with E-state index in [9.17, 15) is 9.59 Å². The largest absolute Gasteiger partial charge is 0.344 e. The summed E-state index contributed by atoms with van der Waals surface area (Å²) in [6, 6.07) is 3.54. The molecule has 0 saturated carbocycles. The molecule has 1 fully saturated rings. The van der Waals surface area contributed by atoms with E-state index in [1.165, 1.54) is 0 Å². The Balaban J connectivity index is 2.19. The topological polar surface area (TPSA) is 49.4 Å². The van der Waals surface area contributed by atoms with Gasteiger partial charge in [-0.1, -0.05) is 6.92 Å². The number of thiophene rings is 1. The molecule has 2 amide bonds. The van der Waals surface area contributed by atoms with Gasteiger partial charge in [0.25, 0.3) is 0 Å². The van der Waals surface area contributed by atoms with Crippen molar-refractivity contribution in [3.63, 3.8) is 0 Å². The Labute approximate surface area is 125 Å². The standard InChI is InChI=1S/C13H17BrN2O2S/c1-3-10-13(18)16(8(2)6-12(17)15-10)7-9-4-5-11(14)19-9/h4-5,8,10H,3,6-7H2,1-2H3,(H,15,17). The van der Waals surface area contributed by atoms with E-state index in [-0.39, 0.29) is 23.9 Å². The third kappa shape index (κ3) is 3.36. The predicted octanol–water partition coefficient (Wildman–Crippen LogP) is 2.53. The Morgan fingerprint density at radius 2 is 2.21 bits per heavy atom. The van der Waals surface area contributed by atoms with Crippen LogP contribution in [-0.4, -0.2) is 28.8 Å². The Kier molecular flexibility index (Phi) is 4.62. The lowest BCUT2D eigenvalue weighted by Crippen LogP contribution is -2.45. The molecule has 104 valence electrons. The van der Waals surface area contributed by atoms with Gasteiger partial charge in [-0.25, -0.2) is 0 Å². The van der Waals surface area contributed by atoms with E-state index in [1.54, 1.807) is 11.3 Å². The zero-order chi connectivity index (χ0) is 14.0. The average Bonchev–Trinajstić information content (AvgIpc) is 2.73. The Morgan fingerprint density at radius 1 is 1.47 bits per heavy atom. The quantitative estimate of drug-likeness (QED) is 0.915. The number of nitrogens with zero attached hydrogens (tertiary/aromatic N) is 1. The molecule has 1 aromatic heterocycles. The Morgan fingerprint density at radius 3 is 2.79 bits per heavy atom. The molecule has 0 aliphatic carbocycles. The van der Waals surface area contributed by atoms with Crippen LogP contribution in [-0.2, 0) is 16.1 Å². The molecule has 2 atom stereocenters. The molecule has 2 heterocycles. The maximum absolute atomic E-state index is 12.4. The average molecular weight is 345 g/mol. The molecule has 0 aromatic carbocycles. The predicted molar refractivity (Wildman–Crippen MR) is 78.9 cm³/mol. The van der Waals surface area contributed by atoms with Gasteiger partial charge in [-0.2, -0.15) is 0 Å². The number of nitrogens with one attached hydrogen (secondary N) is 1. The van der Waals surface area contributed by atoms with Crippen LogP contribution in [0.1, 0.15) is 31.6 Å². The molecule has 0 bridgehead atoms. The molecular weight excluding hydrogens is 328 g/mol. The molecule has 2 unspecified atom stereocenters. The molecule has 1 aliphatic heterocycles. The van der Waals surface area contributed by atoms with Crippen LogP contribution in [0.25, 0.3) is 0 Å². The van der Waals surface area contributed by atoms with Crippen LogP contribution in [0, 0.1) is 0 Å². The van der Waals surface area contributed by atoms with Gasteiger partial charge in [-0.05, 0) is 41.4 Å². The summed E-state index contributed by atoms with van der Waals surface area (Å²) in [5, 5.41) is 2.79. The maximum atomic E-state index is 12.4. The van der Waals surface area contributed by atoms with Crippen LogP contribution in [0.2, 0.25) is 0 Å². The molecule has 1 aromatic rings. The highest BCUT2D eigenvalue weighted by molar-refractivity contribution is 9.11. The lowest BCUT2D eigenvalue weighted by Gasteiger charge is -2.28. The van der Waals surface area contributed by atoms with Gasteiger partial charge in [0.1, 0.15) is 6.04 Å². The highest BCUT2D eigenvalue weighted by Crippen LogP contribution is 2.25. The van der Waals surface area contributed by atoms with E-state index in [1.807, 2.05) is 30.9 Å². The van der Waals surface area contributed by atoms with Crippen LogP contribution < -0.4 is 5.32 Å². The molecule has 1 N–H and O–H groups in total. The fourth-order valence-electron chi connectivity index (χ4n) is 2.23. The van der Waals surface area contributed by atoms with Gasteiger partial charge in [0, 0.05) is 17.3 Å². The summed E-state index contributed by atoms with van der Waals surface area (Å²) >= 11 is 5.05. The highest BCUT2D eigenvalue weighted by atomic mass is 79.9. The van der Waals surface area contributed by atoms with E-state index < -0.39 is 0 Å². The van der Waals surface area contributed by atoms with E-state index in [0.717, 1.165) is 8.66 Å². The second kappa shape index (κ2) is 6.05. The minimum absolute atomic E-state index is 0.0189. The number of hydrogen-bond acceptors (Lipinski definition) is 3. The third-order valence-electron chi connectivity index (χ3n) is 3.29. The molecule has 1 saturated heterocycles. The first-order chi connectivity index (χ1) is 9.01. The van der Waals surface area contributed by atoms with Crippen molar-refractivity contribution in [2.75, 3.05) is 0 Å². The van der Waals surface area contributed by atoms with Crippen LogP contribution in [0.3, 0.4) is 0 Å². The lowest BCUT2D eigenvalue weighted by molar-refractivity contribution is -0.135. The molecule has 0 spiro atoms. The maximum Gasteiger partial charge on any atom is 0.245 e. The van der Waals surface area contributed by atoms with E-state index in [0.29, 0.717) is 19.4 Å². The van der Waals surface area contributed by atoms with Gasteiger partial charge in [0.2, 0.25) is 11.8 Å². The van der Waals surface area contributed by atoms with Crippen LogP contribution in [0.5, 0.6) is 0 Å². The van der Waals surface area contributed by atoms with Crippen molar-refractivity contribution in [1.82, 2.24) is 10.2 Å². The van der Waals surface area contributed by atoms with Gasteiger partial charge in [0.05, 0.1) is 10.3 Å². The van der Waals surface area contributed by atoms with Crippen molar-refractivity contribution >= 4 is 39.1 Å². The molecule has 2 rings (SSSR count). The number of carbonyl (C=O) groups excluding carboxylic acids is 2. The van der Waals surface area contributed by atoms with Crippen LogP contribution >= 0.6 is 27.3 Å². The first kappa shape index (κ1) is 14.5. The molecule has 0 radical (unpaired) electrons. The van der Waals surface area contributed by atoms with Crippen LogP contribution in [0.4, 0.5) is 0 Å². The summed E-state index contributed by atoms with van der Waals surface area (Å²) in [5.41, 5.74) is 0. The first-order valence-electron chi connectivity index (χ1n) is 6.35. The zero-order valence-electron chi connectivity index (χ0n) is 11.0. The van der Waals surface area contributed by atoms with Gasteiger partial charge in [0.15, 0.2) is 0 Å². The molecule has 1 aliphatic rings. The summed E-state index contributed by atoms with van der Waals surface area (Å²) in [4.78, 5) is 27.1. The monoisotopic (exact) mass is 344 g/mol. The van der Waals surface area contributed by atoms with E-state index in [2.05, 4.69) is 21.2 Å². The van der Waals surface area contributed by atoms with Crippen molar-refractivity contribution in [2.45, 2.75) is 45.3 Å². The summed E-state index contributed by atoms with van der Waals surface area (Å²) in [6.45, 7) is 4.42. The normalized spacial score (nSPS) is 24.3. The summed E-state index contributed by atoms with van der Waals surface area (Å²) < 4.78 is 1.05. The second-order valence-electron chi connectivity index (χ2n) is 4.75. The highest BCUT2D eigenvalue weighted by Gasteiger charge is 2.32. The fraction of sp³-hybridized carbons (Fsp3) is 0.538. The van der Waals surface area contributed by atoms with Crippen molar-refractivity contribution in [3.8, 4) is 0 Å².